The van der Waals surface area contributed by atoms with Crippen LogP contribution < -0.4 is 15.0 Å². The van der Waals surface area contributed by atoms with Crippen LogP contribution >= 0.6 is 34.7 Å². The van der Waals surface area contributed by atoms with Crippen molar-refractivity contribution >= 4 is 50.5 Å². The minimum atomic E-state index is -0.569. The summed E-state index contributed by atoms with van der Waals surface area (Å²) in [5.74, 6) is 1.52. The van der Waals surface area contributed by atoms with Crippen molar-refractivity contribution < 1.29 is 14.4 Å². The average molecular weight is 492 g/mol. The zero-order valence-electron chi connectivity index (χ0n) is 16.6. The second-order valence-electron chi connectivity index (χ2n) is 6.33. The summed E-state index contributed by atoms with van der Waals surface area (Å²) in [5.41, 5.74) is 0.573. The SMILES string of the molecule is COc1ccc(-n2cc(CSc3nc(=O)c4cc(Cl)cc([N+](=O)[O-])c4s3)nn2)cc1OC. The molecule has 4 aromatic rings. The molecule has 0 spiro atoms. The number of nitro benzene ring substituents is 1. The van der Waals surface area contributed by atoms with E-state index in [0.717, 1.165) is 17.0 Å². The lowest BCUT2D eigenvalue weighted by molar-refractivity contribution is -0.382. The van der Waals surface area contributed by atoms with Crippen molar-refractivity contribution in [3.05, 3.63) is 67.7 Å². The van der Waals surface area contributed by atoms with E-state index in [9.17, 15) is 14.9 Å². The molecular formula is C19H14ClN5O5S2. The first kappa shape index (κ1) is 22.0. The molecule has 4 rings (SSSR count). The lowest BCUT2D eigenvalue weighted by Gasteiger charge is -2.08. The van der Waals surface area contributed by atoms with Crippen molar-refractivity contribution in [2.24, 2.45) is 0 Å². The Hall–Kier alpha value is -3.22. The molecule has 0 saturated heterocycles. The van der Waals surface area contributed by atoms with Gasteiger partial charge in [0.15, 0.2) is 15.8 Å². The molecule has 0 amide bonds. The fourth-order valence-electron chi connectivity index (χ4n) is 2.89. The quantitative estimate of drug-likeness (QED) is 0.213. The number of benzene rings is 2. The van der Waals surface area contributed by atoms with E-state index in [1.54, 1.807) is 37.2 Å². The molecule has 0 aliphatic rings. The van der Waals surface area contributed by atoms with E-state index in [2.05, 4.69) is 15.3 Å². The maximum absolute atomic E-state index is 12.4. The lowest BCUT2D eigenvalue weighted by Crippen LogP contribution is -2.06. The van der Waals surface area contributed by atoms with Crippen LogP contribution in [0.25, 0.3) is 15.8 Å². The van der Waals surface area contributed by atoms with Crippen LogP contribution in [-0.2, 0) is 5.75 Å². The minimum absolute atomic E-state index is 0.113. The lowest BCUT2D eigenvalue weighted by atomic mass is 10.2. The van der Waals surface area contributed by atoms with Gasteiger partial charge in [-0.1, -0.05) is 28.6 Å². The Bertz CT molecular complexity index is 1390. The summed E-state index contributed by atoms with van der Waals surface area (Å²) in [4.78, 5) is 27.2. The van der Waals surface area contributed by atoms with Gasteiger partial charge < -0.3 is 9.47 Å². The van der Waals surface area contributed by atoms with Crippen LogP contribution in [0.1, 0.15) is 5.69 Å². The van der Waals surface area contributed by atoms with E-state index in [1.807, 2.05) is 6.07 Å². The molecule has 0 radical (unpaired) electrons. The monoisotopic (exact) mass is 491 g/mol. The van der Waals surface area contributed by atoms with Gasteiger partial charge in [-0.3, -0.25) is 14.9 Å². The average Bonchev–Trinajstić information content (AvgIpc) is 3.26. The number of fused-ring (bicyclic) bond motifs is 1. The first-order chi connectivity index (χ1) is 15.4. The van der Waals surface area contributed by atoms with E-state index in [-0.39, 0.29) is 20.8 Å². The Kier molecular flexibility index (Phi) is 6.26. The molecule has 13 heteroatoms. The molecule has 0 N–H and O–H groups in total. The van der Waals surface area contributed by atoms with Gasteiger partial charge in [-0.25, -0.2) is 4.68 Å². The smallest absolute Gasteiger partial charge is 0.288 e. The fourth-order valence-corrected chi connectivity index (χ4v) is 5.11. The normalized spacial score (nSPS) is 11.0. The van der Waals surface area contributed by atoms with Gasteiger partial charge in [-0.2, -0.15) is 4.98 Å². The highest BCUT2D eigenvalue weighted by Crippen LogP contribution is 2.35. The molecular weight excluding hydrogens is 478 g/mol. The number of halogens is 1. The van der Waals surface area contributed by atoms with Crippen molar-refractivity contribution in [3.63, 3.8) is 0 Å². The van der Waals surface area contributed by atoms with Crippen LogP contribution in [0, 0.1) is 10.1 Å². The molecule has 2 aromatic heterocycles. The minimum Gasteiger partial charge on any atom is -0.493 e. The maximum Gasteiger partial charge on any atom is 0.288 e. The number of hydrogen-bond acceptors (Lipinski definition) is 10. The number of nitrogens with zero attached hydrogens (tertiary/aromatic N) is 5. The van der Waals surface area contributed by atoms with Crippen molar-refractivity contribution in [3.8, 4) is 17.2 Å². The summed E-state index contributed by atoms with van der Waals surface area (Å²) in [6, 6.07) is 7.96. The fraction of sp³-hybridized carbons (Fsp3) is 0.158. The summed E-state index contributed by atoms with van der Waals surface area (Å²) in [6.07, 6.45) is 1.74. The number of ether oxygens (including phenoxy) is 2. The van der Waals surface area contributed by atoms with Crippen LogP contribution in [0.3, 0.4) is 0 Å². The van der Waals surface area contributed by atoms with Gasteiger partial charge in [0.2, 0.25) is 0 Å². The van der Waals surface area contributed by atoms with Crippen molar-refractivity contribution in [1.29, 1.82) is 0 Å². The highest BCUT2D eigenvalue weighted by atomic mass is 35.5. The van der Waals surface area contributed by atoms with E-state index in [1.165, 1.54) is 23.9 Å². The molecule has 2 aromatic carbocycles. The molecule has 0 aliphatic carbocycles. The van der Waals surface area contributed by atoms with Crippen LogP contribution in [0.2, 0.25) is 5.02 Å². The molecule has 0 saturated carbocycles. The summed E-state index contributed by atoms with van der Waals surface area (Å²) < 4.78 is 12.7. The zero-order chi connectivity index (χ0) is 22.8. The Morgan fingerprint density at radius 3 is 2.72 bits per heavy atom. The molecule has 164 valence electrons. The largest absolute Gasteiger partial charge is 0.493 e. The third-order valence-corrected chi connectivity index (χ3v) is 6.86. The summed E-state index contributed by atoms with van der Waals surface area (Å²) in [6.45, 7) is 0. The van der Waals surface area contributed by atoms with E-state index in [0.29, 0.717) is 27.3 Å². The van der Waals surface area contributed by atoms with Crippen molar-refractivity contribution in [1.82, 2.24) is 20.0 Å². The Balaban J connectivity index is 1.58. The third-order valence-electron chi connectivity index (χ3n) is 4.36. The number of methoxy groups -OCH3 is 2. The molecule has 0 unspecified atom stereocenters. The van der Waals surface area contributed by atoms with Crippen molar-refractivity contribution in [2.75, 3.05) is 14.2 Å². The van der Waals surface area contributed by atoms with Gasteiger partial charge in [0.1, 0.15) is 4.70 Å². The van der Waals surface area contributed by atoms with Crippen molar-refractivity contribution in [2.45, 2.75) is 10.1 Å². The summed E-state index contributed by atoms with van der Waals surface area (Å²) >= 11 is 8.21. The predicted octanol–water partition coefficient (Wildman–Crippen LogP) is 4.11. The standard InChI is InChI=1S/C19H14ClN5O5S2/c1-29-15-4-3-12(7-16(15)30-2)24-8-11(22-23-24)9-31-19-21-18(26)13-5-10(20)6-14(25(27)28)17(13)32-19/h3-8H,9H2,1-2H3. The van der Waals surface area contributed by atoms with Crippen LogP contribution in [0.4, 0.5) is 5.69 Å². The van der Waals surface area contributed by atoms with E-state index < -0.39 is 10.5 Å². The number of hydrogen-bond donors (Lipinski definition) is 0. The van der Waals surface area contributed by atoms with Gasteiger partial charge in [-0.05, 0) is 18.2 Å². The van der Waals surface area contributed by atoms with Gasteiger partial charge in [0.05, 0.1) is 42.1 Å². The Labute approximate surface area is 193 Å². The highest BCUT2D eigenvalue weighted by molar-refractivity contribution is 8.00. The summed E-state index contributed by atoms with van der Waals surface area (Å²) in [5, 5.41) is 19.9. The van der Waals surface area contributed by atoms with E-state index in [4.69, 9.17) is 21.1 Å². The second kappa shape index (κ2) is 9.10. The third kappa shape index (κ3) is 4.38. The molecule has 0 atom stereocenters. The molecule has 0 fully saturated rings. The predicted molar refractivity (Wildman–Crippen MR) is 122 cm³/mol. The number of thioether (sulfide) groups is 1. The second-order valence-corrected chi connectivity index (χ2v) is 8.98. The highest BCUT2D eigenvalue weighted by Gasteiger charge is 2.18. The topological polar surface area (TPSA) is 122 Å². The molecule has 2 heterocycles. The first-order valence-electron chi connectivity index (χ1n) is 8.95. The van der Waals surface area contributed by atoms with Crippen LogP contribution in [-0.4, -0.2) is 39.1 Å². The zero-order valence-corrected chi connectivity index (χ0v) is 19.0. The Morgan fingerprint density at radius 2 is 2.00 bits per heavy atom. The maximum atomic E-state index is 12.4. The molecule has 32 heavy (non-hydrogen) atoms. The van der Waals surface area contributed by atoms with E-state index >= 15 is 0 Å². The molecule has 0 aliphatic heterocycles. The van der Waals surface area contributed by atoms with Gasteiger partial charge in [0.25, 0.3) is 11.2 Å². The van der Waals surface area contributed by atoms with Gasteiger partial charge in [0, 0.05) is 22.9 Å². The number of non-ortho nitro benzene ring substituents is 1. The molecule has 0 bridgehead atoms. The van der Waals surface area contributed by atoms with Gasteiger partial charge >= 0.3 is 0 Å². The van der Waals surface area contributed by atoms with Gasteiger partial charge in [-0.15, -0.1) is 16.4 Å². The molecule has 10 nitrogen and oxygen atoms in total. The number of aromatic nitrogens is 4. The Morgan fingerprint density at radius 1 is 1.22 bits per heavy atom. The first-order valence-corrected chi connectivity index (χ1v) is 11.1. The number of rotatable bonds is 7. The number of nitro groups is 1. The van der Waals surface area contributed by atoms with Crippen LogP contribution in [0.15, 0.2) is 45.7 Å². The summed E-state index contributed by atoms with van der Waals surface area (Å²) in [7, 11) is 3.10. The van der Waals surface area contributed by atoms with Crippen LogP contribution in [0.5, 0.6) is 11.5 Å².